The summed E-state index contributed by atoms with van der Waals surface area (Å²) in [7, 11) is 0. The number of carbonyl (C=O) groups excluding carboxylic acids is 3. The molecular formula is C35H29BrFN5O3. The molecule has 0 bridgehead atoms. The number of hydrogen-bond acceptors (Lipinski definition) is 5. The van der Waals surface area contributed by atoms with Gasteiger partial charge in [-0.1, -0.05) is 52.3 Å². The van der Waals surface area contributed by atoms with Gasteiger partial charge in [-0.05, 0) is 65.3 Å². The van der Waals surface area contributed by atoms with Crippen molar-refractivity contribution >= 4 is 61.5 Å². The Kier molecular flexibility index (Phi) is 7.59. The molecule has 2 saturated heterocycles. The van der Waals surface area contributed by atoms with Gasteiger partial charge in [-0.2, -0.15) is 0 Å². The lowest BCUT2D eigenvalue weighted by atomic mass is 9.95. The second kappa shape index (κ2) is 11.7. The average Bonchev–Trinajstić information content (AvgIpc) is 3.31. The lowest BCUT2D eigenvalue weighted by molar-refractivity contribution is -0.134. The van der Waals surface area contributed by atoms with Crippen molar-refractivity contribution in [2.24, 2.45) is 0 Å². The van der Waals surface area contributed by atoms with Crippen LogP contribution in [-0.2, 0) is 22.6 Å². The van der Waals surface area contributed by atoms with Gasteiger partial charge in [0, 0.05) is 49.0 Å². The molecule has 226 valence electrons. The van der Waals surface area contributed by atoms with Gasteiger partial charge in [-0.25, -0.2) is 9.24 Å². The molecule has 3 aliphatic rings. The van der Waals surface area contributed by atoms with Crippen LogP contribution < -0.4 is 15.1 Å². The molecule has 8 nitrogen and oxygen atoms in total. The number of nitrogens with one attached hydrogen (secondary N) is 1. The Bertz CT molecular complexity index is 1910. The Balaban J connectivity index is 1.05. The molecular weight excluding hydrogens is 637 g/mol. The van der Waals surface area contributed by atoms with Crippen molar-refractivity contribution in [3.05, 3.63) is 111 Å². The normalized spacial score (nSPS) is 18.4. The first-order chi connectivity index (χ1) is 21.8. The van der Waals surface area contributed by atoms with E-state index < -0.39 is 11.9 Å². The number of carbonyl (C=O) groups is 3. The van der Waals surface area contributed by atoms with Crippen LogP contribution in [0.3, 0.4) is 0 Å². The number of halogens is 2. The number of piperidine rings is 1. The number of nitrogens with zero attached hydrogens (tertiary/aromatic N) is 4. The SMILES string of the molecule is [C-]#[N+]c1ccc(N2CCN(Cc3ccc(Cc4ccc5c6c(cc(Br)cc46)C(=O)N5C4CCC(=O)NC4=O)cc3)CC2)c(F)c1. The fourth-order valence-corrected chi connectivity index (χ4v) is 7.16. The van der Waals surface area contributed by atoms with Gasteiger partial charge in [0.2, 0.25) is 11.8 Å². The minimum absolute atomic E-state index is 0.201. The van der Waals surface area contributed by atoms with E-state index in [1.54, 1.807) is 23.1 Å². The van der Waals surface area contributed by atoms with Crippen LogP contribution in [0.5, 0.6) is 0 Å². The van der Waals surface area contributed by atoms with Crippen molar-refractivity contribution in [3.63, 3.8) is 0 Å². The number of rotatable bonds is 6. The second-order valence-electron chi connectivity index (χ2n) is 11.8. The van der Waals surface area contributed by atoms with Crippen molar-refractivity contribution in [3.8, 4) is 0 Å². The maximum Gasteiger partial charge on any atom is 0.259 e. The summed E-state index contributed by atoms with van der Waals surface area (Å²) in [6.07, 6.45) is 1.18. The minimum Gasteiger partial charge on any atom is -0.367 e. The highest BCUT2D eigenvalue weighted by Gasteiger charge is 2.41. The molecule has 4 aromatic carbocycles. The van der Waals surface area contributed by atoms with E-state index in [1.165, 1.54) is 11.6 Å². The molecule has 4 aromatic rings. The van der Waals surface area contributed by atoms with Crippen LogP contribution in [0, 0.1) is 12.4 Å². The number of benzene rings is 4. The van der Waals surface area contributed by atoms with Crippen molar-refractivity contribution in [1.82, 2.24) is 10.2 Å². The highest BCUT2D eigenvalue weighted by molar-refractivity contribution is 9.10. The summed E-state index contributed by atoms with van der Waals surface area (Å²) in [4.78, 5) is 47.2. The van der Waals surface area contributed by atoms with Crippen molar-refractivity contribution < 1.29 is 18.8 Å². The van der Waals surface area contributed by atoms with Gasteiger partial charge in [0.05, 0.1) is 23.5 Å². The van der Waals surface area contributed by atoms with E-state index in [9.17, 15) is 18.8 Å². The first kappa shape index (κ1) is 29.1. The molecule has 1 N–H and O–H groups in total. The standard InChI is InChI=1S/C35H29BrFN5O3/c1-38-25-7-9-29(28(37)19-25)41-14-12-40(13-15-41)20-22-4-2-21(3-5-22)16-23-6-8-30-33-26(23)17-24(36)18-27(33)35(45)42(30)31-10-11-32(43)39-34(31)44/h2-9,17-19,31H,10-16,20H2,(H,39,43,44). The number of hydrogen-bond donors (Lipinski definition) is 1. The summed E-state index contributed by atoms with van der Waals surface area (Å²) in [5.41, 5.74) is 5.54. The number of piperazine rings is 1. The Hall–Kier alpha value is -4.59. The third-order valence-electron chi connectivity index (χ3n) is 8.98. The molecule has 7 rings (SSSR count). The molecule has 0 spiro atoms. The summed E-state index contributed by atoms with van der Waals surface area (Å²) < 4.78 is 15.3. The molecule has 2 fully saturated rings. The van der Waals surface area contributed by atoms with Crippen LogP contribution in [0.15, 0.2) is 71.2 Å². The van der Waals surface area contributed by atoms with Crippen molar-refractivity contribution in [2.75, 3.05) is 36.0 Å². The fraction of sp³-hybridized carbons (Fsp3) is 0.257. The zero-order chi connectivity index (χ0) is 31.2. The van der Waals surface area contributed by atoms with Crippen LogP contribution in [0.25, 0.3) is 15.6 Å². The molecule has 1 unspecified atom stereocenters. The smallest absolute Gasteiger partial charge is 0.259 e. The predicted molar refractivity (Wildman–Crippen MR) is 174 cm³/mol. The molecule has 3 heterocycles. The van der Waals surface area contributed by atoms with E-state index >= 15 is 0 Å². The first-order valence-electron chi connectivity index (χ1n) is 14.9. The zero-order valence-electron chi connectivity index (χ0n) is 24.4. The van der Waals surface area contributed by atoms with Gasteiger partial charge in [-0.3, -0.25) is 29.5 Å². The van der Waals surface area contributed by atoms with E-state index in [0.717, 1.165) is 59.1 Å². The lowest BCUT2D eigenvalue weighted by Gasteiger charge is -2.36. The van der Waals surface area contributed by atoms with Crippen LogP contribution in [0.2, 0.25) is 0 Å². The third kappa shape index (κ3) is 5.47. The Labute approximate surface area is 268 Å². The van der Waals surface area contributed by atoms with Crippen LogP contribution in [0.4, 0.5) is 21.5 Å². The molecule has 45 heavy (non-hydrogen) atoms. The second-order valence-corrected chi connectivity index (χ2v) is 12.7. The molecule has 0 aliphatic carbocycles. The number of amides is 3. The Morgan fingerprint density at radius 2 is 1.64 bits per heavy atom. The monoisotopic (exact) mass is 665 g/mol. The summed E-state index contributed by atoms with van der Waals surface area (Å²) in [5, 5.41) is 4.17. The van der Waals surface area contributed by atoms with Gasteiger partial charge >= 0.3 is 0 Å². The van der Waals surface area contributed by atoms with E-state index in [1.807, 2.05) is 23.1 Å². The largest absolute Gasteiger partial charge is 0.367 e. The van der Waals surface area contributed by atoms with E-state index in [-0.39, 0.29) is 24.1 Å². The highest BCUT2D eigenvalue weighted by atomic mass is 79.9. The number of imide groups is 1. The van der Waals surface area contributed by atoms with E-state index in [4.69, 9.17) is 6.57 Å². The zero-order valence-corrected chi connectivity index (χ0v) is 25.9. The lowest BCUT2D eigenvalue weighted by Crippen LogP contribution is -2.53. The van der Waals surface area contributed by atoms with Crippen LogP contribution in [-0.4, -0.2) is 54.8 Å². The molecule has 10 heteroatoms. The molecule has 0 radical (unpaired) electrons. The van der Waals surface area contributed by atoms with Gasteiger partial charge in [0.15, 0.2) is 5.69 Å². The van der Waals surface area contributed by atoms with Crippen molar-refractivity contribution in [1.29, 1.82) is 0 Å². The Morgan fingerprint density at radius 3 is 2.36 bits per heavy atom. The first-order valence-corrected chi connectivity index (χ1v) is 15.7. The Morgan fingerprint density at radius 1 is 0.911 bits per heavy atom. The van der Waals surface area contributed by atoms with Gasteiger partial charge in [0.1, 0.15) is 11.9 Å². The summed E-state index contributed by atoms with van der Waals surface area (Å²) >= 11 is 3.58. The summed E-state index contributed by atoms with van der Waals surface area (Å²) in [5.74, 6) is -1.32. The van der Waals surface area contributed by atoms with E-state index in [0.29, 0.717) is 35.5 Å². The summed E-state index contributed by atoms with van der Waals surface area (Å²) in [6, 6.07) is 20.3. The highest BCUT2D eigenvalue weighted by Crippen LogP contribution is 2.43. The maximum absolute atomic E-state index is 14.5. The maximum atomic E-state index is 14.5. The van der Waals surface area contributed by atoms with Crippen molar-refractivity contribution in [2.45, 2.75) is 31.8 Å². The van der Waals surface area contributed by atoms with E-state index in [2.05, 4.69) is 55.3 Å². The van der Waals surface area contributed by atoms with Gasteiger partial charge < -0.3 is 4.90 Å². The fourth-order valence-electron chi connectivity index (χ4n) is 6.70. The number of anilines is 2. The molecule has 1 atom stereocenters. The minimum atomic E-state index is -0.718. The van der Waals surface area contributed by atoms with Crippen LogP contribution >= 0.6 is 15.9 Å². The molecule has 3 aliphatic heterocycles. The summed E-state index contributed by atoms with van der Waals surface area (Å²) in [6.45, 7) is 10.9. The third-order valence-corrected chi connectivity index (χ3v) is 9.43. The van der Waals surface area contributed by atoms with Gasteiger partial charge in [-0.15, -0.1) is 0 Å². The van der Waals surface area contributed by atoms with Crippen LogP contribution in [0.1, 0.15) is 39.9 Å². The quantitative estimate of drug-likeness (QED) is 0.203. The van der Waals surface area contributed by atoms with Gasteiger partial charge in [0.25, 0.3) is 5.91 Å². The molecule has 0 aromatic heterocycles. The average molecular weight is 667 g/mol. The molecule has 0 saturated carbocycles. The molecule has 3 amide bonds. The predicted octanol–water partition coefficient (Wildman–Crippen LogP) is 5.97. The topological polar surface area (TPSA) is 77.3 Å².